The van der Waals surface area contributed by atoms with Crippen molar-refractivity contribution in [1.82, 2.24) is 9.97 Å². The summed E-state index contributed by atoms with van der Waals surface area (Å²) in [5, 5.41) is 0. The molecule has 4 aromatic rings. The largest absolute Gasteiger partial charge is 0.489 e. The van der Waals surface area contributed by atoms with Crippen molar-refractivity contribution in [3.05, 3.63) is 95.1 Å². The lowest BCUT2D eigenvalue weighted by Gasteiger charge is -2.11. The van der Waals surface area contributed by atoms with Gasteiger partial charge in [0.1, 0.15) is 35.6 Å². The van der Waals surface area contributed by atoms with E-state index in [1.54, 1.807) is 18.2 Å². The van der Waals surface area contributed by atoms with Gasteiger partial charge in [-0.2, -0.15) is 0 Å². The molecule has 0 fully saturated rings. The van der Waals surface area contributed by atoms with E-state index >= 15 is 0 Å². The van der Waals surface area contributed by atoms with Crippen molar-refractivity contribution in [3.8, 4) is 5.75 Å². The third-order valence-electron chi connectivity index (χ3n) is 4.66. The van der Waals surface area contributed by atoms with Crippen molar-refractivity contribution in [2.75, 3.05) is 0 Å². The van der Waals surface area contributed by atoms with Crippen LogP contribution in [0, 0.1) is 17.5 Å². The maximum Gasteiger partial charge on any atom is 0.130 e. The predicted octanol–water partition coefficient (Wildman–Crippen LogP) is 5.71. The Hall–Kier alpha value is -3.28. The van der Waals surface area contributed by atoms with Gasteiger partial charge in [0.15, 0.2) is 0 Å². The molecule has 0 amide bonds. The highest BCUT2D eigenvalue weighted by Gasteiger charge is 2.14. The van der Waals surface area contributed by atoms with E-state index in [4.69, 9.17) is 4.74 Å². The lowest BCUT2D eigenvalue weighted by atomic mass is 10.0. The summed E-state index contributed by atoms with van der Waals surface area (Å²) in [5.41, 5.74) is 2.51. The number of halogens is 3. The van der Waals surface area contributed by atoms with E-state index in [1.165, 1.54) is 12.1 Å². The number of imidazole rings is 1. The maximum absolute atomic E-state index is 13.7. The Bertz CT molecular complexity index is 1120. The van der Waals surface area contributed by atoms with Crippen LogP contribution in [0.4, 0.5) is 13.2 Å². The fourth-order valence-corrected chi connectivity index (χ4v) is 3.03. The number of fused-ring (bicyclic) bond motifs is 1. The van der Waals surface area contributed by atoms with Gasteiger partial charge in [-0.1, -0.05) is 19.1 Å². The summed E-state index contributed by atoms with van der Waals surface area (Å²) >= 11 is 0. The van der Waals surface area contributed by atoms with Crippen molar-refractivity contribution in [2.24, 2.45) is 0 Å². The van der Waals surface area contributed by atoms with Gasteiger partial charge < -0.3 is 9.72 Å². The van der Waals surface area contributed by atoms with Gasteiger partial charge >= 0.3 is 0 Å². The van der Waals surface area contributed by atoms with Crippen molar-refractivity contribution in [3.63, 3.8) is 0 Å². The summed E-state index contributed by atoms with van der Waals surface area (Å²) in [5.74, 6) is -0.0927. The van der Waals surface area contributed by atoms with Crippen LogP contribution in [0.3, 0.4) is 0 Å². The Kier molecular flexibility index (Phi) is 4.77. The minimum Gasteiger partial charge on any atom is -0.489 e. The number of benzene rings is 3. The van der Waals surface area contributed by atoms with E-state index in [9.17, 15) is 13.2 Å². The minimum absolute atomic E-state index is 0.0369. The standard InChI is InChI=1S/C22H17F3N2O/c1-13(22-26-20-9-5-17(24)11-21(20)27-22)14-2-6-18(7-3-14)28-12-15-10-16(23)4-8-19(15)25/h2-11,13H,12H2,1H3,(H,26,27). The second-order valence-corrected chi connectivity index (χ2v) is 6.60. The molecule has 3 aromatic carbocycles. The number of nitrogens with one attached hydrogen (secondary N) is 1. The van der Waals surface area contributed by atoms with Crippen LogP contribution in [-0.4, -0.2) is 9.97 Å². The first kappa shape index (κ1) is 18.1. The van der Waals surface area contributed by atoms with E-state index in [-0.39, 0.29) is 23.9 Å². The lowest BCUT2D eigenvalue weighted by molar-refractivity contribution is 0.299. The van der Waals surface area contributed by atoms with Crippen molar-refractivity contribution in [1.29, 1.82) is 0 Å². The third-order valence-corrected chi connectivity index (χ3v) is 4.66. The average molecular weight is 382 g/mol. The van der Waals surface area contributed by atoms with Crippen LogP contribution in [0.5, 0.6) is 5.75 Å². The first-order chi connectivity index (χ1) is 13.5. The summed E-state index contributed by atoms with van der Waals surface area (Å²) in [6.07, 6.45) is 0. The van der Waals surface area contributed by atoms with Crippen LogP contribution in [0.2, 0.25) is 0 Å². The molecule has 0 saturated heterocycles. The van der Waals surface area contributed by atoms with Crippen molar-refractivity contribution in [2.45, 2.75) is 19.4 Å². The van der Waals surface area contributed by atoms with E-state index < -0.39 is 11.6 Å². The van der Waals surface area contributed by atoms with Gasteiger partial charge in [-0.15, -0.1) is 0 Å². The normalized spacial score (nSPS) is 12.3. The molecule has 1 heterocycles. The van der Waals surface area contributed by atoms with Crippen LogP contribution < -0.4 is 4.74 Å². The van der Waals surface area contributed by atoms with E-state index in [0.29, 0.717) is 11.3 Å². The van der Waals surface area contributed by atoms with Crippen LogP contribution in [-0.2, 0) is 6.61 Å². The lowest BCUT2D eigenvalue weighted by Crippen LogP contribution is -2.01. The zero-order chi connectivity index (χ0) is 19.7. The van der Waals surface area contributed by atoms with Gasteiger partial charge in [-0.25, -0.2) is 18.2 Å². The highest BCUT2D eigenvalue weighted by Crippen LogP contribution is 2.26. The number of aromatic amines is 1. The summed E-state index contributed by atoms with van der Waals surface area (Å²) in [6, 6.07) is 15.0. The number of aromatic nitrogens is 2. The molecule has 0 saturated carbocycles. The van der Waals surface area contributed by atoms with Gasteiger partial charge in [0.25, 0.3) is 0 Å². The fraction of sp³-hybridized carbons (Fsp3) is 0.136. The second-order valence-electron chi connectivity index (χ2n) is 6.60. The van der Waals surface area contributed by atoms with E-state index in [0.717, 1.165) is 35.1 Å². The number of hydrogen-bond donors (Lipinski definition) is 1. The van der Waals surface area contributed by atoms with Crippen molar-refractivity contribution >= 4 is 11.0 Å². The highest BCUT2D eigenvalue weighted by atomic mass is 19.1. The highest BCUT2D eigenvalue weighted by molar-refractivity contribution is 5.75. The monoisotopic (exact) mass is 382 g/mol. The zero-order valence-electron chi connectivity index (χ0n) is 15.0. The van der Waals surface area contributed by atoms with Crippen LogP contribution >= 0.6 is 0 Å². The van der Waals surface area contributed by atoms with E-state index in [2.05, 4.69) is 9.97 Å². The molecule has 142 valence electrons. The molecule has 0 bridgehead atoms. The first-order valence-corrected chi connectivity index (χ1v) is 8.81. The summed E-state index contributed by atoms with van der Waals surface area (Å²) in [7, 11) is 0. The van der Waals surface area contributed by atoms with Crippen molar-refractivity contribution < 1.29 is 17.9 Å². The molecular weight excluding hydrogens is 365 g/mol. The zero-order valence-corrected chi connectivity index (χ0v) is 15.0. The molecule has 4 rings (SSSR count). The molecule has 1 atom stereocenters. The summed E-state index contributed by atoms with van der Waals surface area (Å²) in [6.45, 7) is 1.93. The van der Waals surface area contributed by atoms with Gasteiger partial charge in [0.05, 0.1) is 11.0 Å². The number of hydrogen-bond acceptors (Lipinski definition) is 2. The predicted molar refractivity (Wildman–Crippen MR) is 101 cm³/mol. The minimum atomic E-state index is -0.507. The summed E-state index contributed by atoms with van der Waals surface area (Å²) in [4.78, 5) is 7.67. The van der Waals surface area contributed by atoms with Crippen LogP contribution in [0.15, 0.2) is 60.7 Å². The Morgan fingerprint density at radius 3 is 2.43 bits per heavy atom. The molecule has 0 radical (unpaired) electrons. The maximum atomic E-state index is 13.7. The van der Waals surface area contributed by atoms with Gasteiger partial charge in [-0.3, -0.25) is 0 Å². The molecule has 0 aliphatic carbocycles. The first-order valence-electron chi connectivity index (χ1n) is 8.81. The average Bonchev–Trinajstić information content (AvgIpc) is 3.11. The Morgan fingerprint density at radius 2 is 1.64 bits per heavy atom. The Labute approximate surface area is 159 Å². The molecule has 1 N–H and O–H groups in total. The topological polar surface area (TPSA) is 37.9 Å². The number of ether oxygens (including phenoxy) is 1. The molecule has 1 aromatic heterocycles. The molecule has 0 aliphatic rings. The van der Waals surface area contributed by atoms with E-state index in [1.807, 2.05) is 19.1 Å². The molecular formula is C22H17F3N2O. The van der Waals surface area contributed by atoms with Crippen LogP contribution in [0.1, 0.15) is 29.8 Å². The Balaban J connectivity index is 1.48. The summed E-state index contributed by atoms with van der Waals surface area (Å²) < 4.78 is 45.8. The van der Waals surface area contributed by atoms with Crippen LogP contribution in [0.25, 0.3) is 11.0 Å². The quantitative estimate of drug-likeness (QED) is 0.480. The number of nitrogens with zero attached hydrogens (tertiary/aromatic N) is 1. The van der Waals surface area contributed by atoms with Gasteiger partial charge in [0, 0.05) is 17.5 Å². The molecule has 1 unspecified atom stereocenters. The van der Waals surface area contributed by atoms with Gasteiger partial charge in [-0.05, 0) is 48.0 Å². The SMILES string of the molecule is CC(c1ccc(OCc2cc(F)ccc2F)cc1)c1nc2cc(F)ccc2[nH]1. The molecule has 28 heavy (non-hydrogen) atoms. The number of H-pyrrole nitrogens is 1. The molecule has 0 aliphatic heterocycles. The second kappa shape index (κ2) is 7.38. The Morgan fingerprint density at radius 1 is 0.929 bits per heavy atom. The number of rotatable bonds is 5. The third kappa shape index (κ3) is 3.71. The smallest absolute Gasteiger partial charge is 0.130 e. The fourth-order valence-electron chi connectivity index (χ4n) is 3.03. The molecule has 6 heteroatoms. The van der Waals surface area contributed by atoms with Gasteiger partial charge in [0.2, 0.25) is 0 Å². The molecule has 3 nitrogen and oxygen atoms in total. The molecule has 0 spiro atoms.